The number of carbonyl (C=O) groups is 1. The van der Waals surface area contributed by atoms with E-state index in [0.717, 1.165) is 12.0 Å². The van der Waals surface area contributed by atoms with Crippen molar-refractivity contribution in [3.63, 3.8) is 0 Å². The van der Waals surface area contributed by atoms with Crippen LogP contribution < -0.4 is 9.47 Å². The zero-order chi connectivity index (χ0) is 18.4. The Hall–Kier alpha value is -1.68. The molecule has 0 bridgehead atoms. The van der Waals surface area contributed by atoms with E-state index in [1.807, 2.05) is 19.1 Å². The maximum absolute atomic E-state index is 12.4. The number of benzene rings is 2. The smallest absolute Gasteiger partial charge is 0.187 e. The molecule has 2 aromatic rings. The predicted molar refractivity (Wildman–Crippen MR) is 104 cm³/mol. The first kappa shape index (κ1) is 19.6. The van der Waals surface area contributed by atoms with E-state index in [-0.39, 0.29) is 15.8 Å². The second-order valence-corrected chi connectivity index (χ2v) is 6.34. The quantitative estimate of drug-likeness (QED) is 0.309. The van der Waals surface area contributed by atoms with Gasteiger partial charge in [0.05, 0.1) is 28.8 Å². The first-order valence-corrected chi connectivity index (χ1v) is 8.78. The molecule has 132 valence electrons. The molecule has 0 N–H and O–H groups in total. The SMILES string of the molecule is CCCOc1cc(/C=C/C(=O)c2ccc(Cl)c(Cl)c2Cl)ccc1OC. The number of ketones is 1. The fourth-order valence-electron chi connectivity index (χ4n) is 2.10. The summed E-state index contributed by atoms with van der Waals surface area (Å²) in [7, 11) is 1.58. The lowest BCUT2D eigenvalue weighted by molar-refractivity contribution is 0.104. The molecule has 0 aliphatic heterocycles. The number of allylic oxidation sites excluding steroid dienone is 1. The minimum atomic E-state index is -0.268. The van der Waals surface area contributed by atoms with Crippen molar-refractivity contribution in [2.24, 2.45) is 0 Å². The Kier molecular flexibility index (Phi) is 7.18. The number of hydrogen-bond donors (Lipinski definition) is 0. The number of carbonyl (C=O) groups excluding carboxylic acids is 1. The molecule has 0 heterocycles. The molecule has 0 unspecified atom stereocenters. The van der Waals surface area contributed by atoms with Gasteiger partial charge in [-0.3, -0.25) is 4.79 Å². The van der Waals surface area contributed by atoms with Crippen LogP contribution >= 0.6 is 34.8 Å². The van der Waals surface area contributed by atoms with Crippen LogP contribution in [0.1, 0.15) is 29.3 Å². The third-order valence-electron chi connectivity index (χ3n) is 3.38. The van der Waals surface area contributed by atoms with Crippen LogP contribution in [-0.2, 0) is 0 Å². The Balaban J connectivity index is 2.24. The van der Waals surface area contributed by atoms with E-state index < -0.39 is 0 Å². The average molecular weight is 400 g/mol. The maximum Gasteiger partial charge on any atom is 0.187 e. The molecule has 0 amide bonds. The topological polar surface area (TPSA) is 35.5 Å². The van der Waals surface area contributed by atoms with Gasteiger partial charge in [-0.25, -0.2) is 0 Å². The summed E-state index contributed by atoms with van der Waals surface area (Å²) in [6.45, 7) is 2.61. The van der Waals surface area contributed by atoms with Crippen molar-refractivity contribution in [2.45, 2.75) is 13.3 Å². The largest absolute Gasteiger partial charge is 0.493 e. The highest BCUT2D eigenvalue weighted by Gasteiger charge is 2.13. The third kappa shape index (κ3) is 4.91. The van der Waals surface area contributed by atoms with E-state index in [4.69, 9.17) is 44.3 Å². The molecule has 2 rings (SSSR count). The molecule has 0 aliphatic rings. The molecule has 25 heavy (non-hydrogen) atoms. The van der Waals surface area contributed by atoms with Crippen LogP contribution in [0.15, 0.2) is 36.4 Å². The first-order valence-electron chi connectivity index (χ1n) is 7.64. The molecule has 0 saturated carbocycles. The summed E-state index contributed by atoms with van der Waals surface area (Å²) in [6, 6.07) is 8.53. The zero-order valence-corrected chi connectivity index (χ0v) is 16.1. The van der Waals surface area contributed by atoms with Gasteiger partial charge in [0.25, 0.3) is 0 Å². The van der Waals surface area contributed by atoms with Crippen LogP contribution in [0.4, 0.5) is 0 Å². The summed E-state index contributed by atoms with van der Waals surface area (Å²) in [5, 5.41) is 0.618. The summed E-state index contributed by atoms with van der Waals surface area (Å²) in [4.78, 5) is 12.4. The predicted octanol–water partition coefficient (Wildman–Crippen LogP) is 6.34. The lowest BCUT2D eigenvalue weighted by Crippen LogP contribution is -1.98. The van der Waals surface area contributed by atoms with Gasteiger partial charge in [-0.05, 0) is 42.3 Å². The standard InChI is InChI=1S/C19H17Cl3O3/c1-3-10-25-17-11-12(5-9-16(17)24-2)4-8-15(23)13-6-7-14(20)19(22)18(13)21/h4-9,11H,3,10H2,1-2H3/b8-4+. The minimum absolute atomic E-state index is 0.144. The van der Waals surface area contributed by atoms with Crippen molar-refractivity contribution in [1.29, 1.82) is 0 Å². The maximum atomic E-state index is 12.4. The van der Waals surface area contributed by atoms with Crippen molar-refractivity contribution in [2.75, 3.05) is 13.7 Å². The molecule has 0 saturated heterocycles. The van der Waals surface area contributed by atoms with Gasteiger partial charge in [0.2, 0.25) is 0 Å². The van der Waals surface area contributed by atoms with Gasteiger partial charge in [-0.2, -0.15) is 0 Å². The molecular weight excluding hydrogens is 383 g/mol. The molecule has 6 heteroatoms. The van der Waals surface area contributed by atoms with Gasteiger partial charge in [-0.1, -0.05) is 53.9 Å². The van der Waals surface area contributed by atoms with Crippen LogP contribution in [0, 0.1) is 0 Å². The van der Waals surface area contributed by atoms with Gasteiger partial charge in [0.15, 0.2) is 17.3 Å². The van der Waals surface area contributed by atoms with E-state index in [1.54, 1.807) is 31.4 Å². The van der Waals surface area contributed by atoms with Crippen LogP contribution in [0.5, 0.6) is 11.5 Å². The average Bonchev–Trinajstić information content (AvgIpc) is 2.62. The Morgan fingerprint density at radius 3 is 2.52 bits per heavy atom. The van der Waals surface area contributed by atoms with E-state index in [2.05, 4.69) is 0 Å². The molecule has 3 nitrogen and oxygen atoms in total. The van der Waals surface area contributed by atoms with Crippen molar-refractivity contribution in [1.82, 2.24) is 0 Å². The summed E-state index contributed by atoms with van der Waals surface area (Å²) >= 11 is 17.9. The van der Waals surface area contributed by atoms with E-state index in [0.29, 0.717) is 28.7 Å². The van der Waals surface area contributed by atoms with Crippen LogP contribution in [0.3, 0.4) is 0 Å². The molecular formula is C19H17Cl3O3. The normalized spacial score (nSPS) is 10.9. The fourth-order valence-corrected chi connectivity index (χ4v) is 2.73. The zero-order valence-electron chi connectivity index (χ0n) is 13.8. The van der Waals surface area contributed by atoms with Gasteiger partial charge >= 0.3 is 0 Å². The highest BCUT2D eigenvalue weighted by Crippen LogP contribution is 2.33. The second-order valence-electron chi connectivity index (χ2n) is 5.18. The highest BCUT2D eigenvalue weighted by molar-refractivity contribution is 6.49. The van der Waals surface area contributed by atoms with Gasteiger partial charge in [0.1, 0.15) is 0 Å². The lowest BCUT2D eigenvalue weighted by Gasteiger charge is -2.10. The van der Waals surface area contributed by atoms with Crippen molar-refractivity contribution in [3.05, 3.63) is 62.6 Å². The van der Waals surface area contributed by atoms with E-state index >= 15 is 0 Å². The minimum Gasteiger partial charge on any atom is -0.493 e. The second kappa shape index (κ2) is 9.14. The summed E-state index contributed by atoms with van der Waals surface area (Å²) < 4.78 is 10.9. The third-order valence-corrected chi connectivity index (χ3v) is 4.67. The Bertz CT molecular complexity index is 801. The molecule has 0 aliphatic carbocycles. The highest BCUT2D eigenvalue weighted by atomic mass is 35.5. The number of methoxy groups -OCH3 is 1. The number of hydrogen-bond acceptors (Lipinski definition) is 3. The van der Waals surface area contributed by atoms with Gasteiger partial charge in [0, 0.05) is 5.56 Å². The van der Waals surface area contributed by atoms with Crippen molar-refractivity contribution in [3.8, 4) is 11.5 Å². The molecule has 2 aromatic carbocycles. The molecule has 0 atom stereocenters. The fraction of sp³-hybridized carbons (Fsp3) is 0.211. The van der Waals surface area contributed by atoms with Crippen LogP contribution in [0.2, 0.25) is 15.1 Å². The summed E-state index contributed by atoms with van der Waals surface area (Å²) in [5.74, 6) is 1.01. The van der Waals surface area contributed by atoms with E-state index in [1.165, 1.54) is 6.08 Å². The molecule has 0 aromatic heterocycles. The number of ether oxygens (including phenoxy) is 2. The molecule has 0 radical (unpaired) electrons. The molecule has 0 fully saturated rings. The Morgan fingerprint density at radius 1 is 1.08 bits per heavy atom. The number of rotatable bonds is 7. The first-order chi connectivity index (χ1) is 12.0. The van der Waals surface area contributed by atoms with Gasteiger partial charge < -0.3 is 9.47 Å². The van der Waals surface area contributed by atoms with Gasteiger partial charge in [-0.15, -0.1) is 0 Å². The lowest BCUT2D eigenvalue weighted by atomic mass is 10.1. The molecule has 0 spiro atoms. The summed E-state index contributed by atoms with van der Waals surface area (Å²) in [6.07, 6.45) is 3.99. The van der Waals surface area contributed by atoms with Crippen molar-refractivity contribution < 1.29 is 14.3 Å². The van der Waals surface area contributed by atoms with Crippen LogP contribution in [0.25, 0.3) is 6.08 Å². The Morgan fingerprint density at radius 2 is 1.84 bits per heavy atom. The monoisotopic (exact) mass is 398 g/mol. The van der Waals surface area contributed by atoms with E-state index in [9.17, 15) is 4.79 Å². The van der Waals surface area contributed by atoms with Crippen LogP contribution in [-0.4, -0.2) is 19.5 Å². The van der Waals surface area contributed by atoms with Crippen molar-refractivity contribution >= 4 is 46.7 Å². The Labute approximate surface area is 162 Å². The number of halogens is 3. The summed E-state index contributed by atoms with van der Waals surface area (Å²) in [5.41, 5.74) is 1.10.